The van der Waals surface area contributed by atoms with Crippen molar-refractivity contribution in [2.75, 3.05) is 0 Å². The average Bonchev–Trinajstić information content (AvgIpc) is 2.74. The number of hydrogen-bond donors (Lipinski definition) is 1. The molecule has 102 valence electrons. The third-order valence-corrected chi connectivity index (χ3v) is 3.79. The Kier molecular flexibility index (Phi) is 3.40. The van der Waals surface area contributed by atoms with Gasteiger partial charge in [-0.05, 0) is 43.3 Å². The highest BCUT2D eigenvalue weighted by Crippen LogP contribution is 2.18. The van der Waals surface area contributed by atoms with Crippen molar-refractivity contribution in [1.82, 2.24) is 9.55 Å². The summed E-state index contributed by atoms with van der Waals surface area (Å²) >= 11 is 5.29. The lowest BCUT2D eigenvalue weighted by molar-refractivity contribution is 0.637. The molecule has 0 amide bonds. The lowest BCUT2D eigenvalue weighted by atomic mass is 10.1. The number of benzene rings is 2. The topological polar surface area (TPSA) is 20.7 Å². The summed E-state index contributed by atoms with van der Waals surface area (Å²) in [6.07, 6.45) is 0.874. The summed E-state index contributed by atoms with van der Waals surface area (Å²) in [5, 5.41) is 0. The Morgan fingerprint density at radius 2 is 2.00 bits per heavy atom. The predicted molar refractivity (Wildman–Crippen MR) is 82.0 cm³/mol. The van der Waals surface area contributed by atoms with Crippen molar-refractivity contribution in [3.05, 3.63) is 64.2 Å². The van der Waals surface area contributed by atoms with Gasteiger partial charge in [0.1, 0.15) is 11.3 Å². The van der Waals surface area contributed by atoms with E-state index in [9.17, 15) is 4.39 Å². The van der Waals surface area contributed by atoms with Gasteiger partial charge in [0.2, 0.25) is 0 Å². The predicted octanol–water partition coefficient (Wildman–Crippen LogP) is 4.39. The van der Waals surface area contributed by atoms with E-state index in [-0.39, 0.29) is 5.82 Å². The van der Waals surface area contributed by atoms with Crippen LogP contribution in [-0.4, -0.2) is 9.55 Å². The number of H-pyrrole nitrogens is 1. The summed E-state index contributed by atoms with van der Waals surface area (Å²) in [6, 6.07) is 13.4. The Hall–Kier alpha value is -1.94. The van der Waals surface area contributed by atoms with Crippen LogP contribution in [0.25, 0.3) is 11.0 Å². The van der Waals surface area contributed by atoms with E-state index in [0.717, 1.165) is 18.5 Å². The summed E-state index contributed by atoms with van der Waals surface area (Å²) in [4.78, 5) is 2.95. The molecular weight excluding hydrogens is 271 g/mol. The van der Waals surface area contributed by atoms with Gasteiger partial charge in [0.05, 0.1) is 5.52 Å². The molecule has 0 spiro atoms. The number of nitrogens with zero attached hydrogens (tertiary/aromatic N) is 1. The molecule has 1 N–H and O–H groups in total. The molecule has 2 aromatic carbocycles. The van der Waals surface area contributed by atoms with Crippen LogP contribution in [0.2, 0.25) is 0 Å². The Bertz CT molecular complexity index is 817. The van der Waals surface area contributed by atoms with E-state index >= 15 is 0 Å². The highest BCUT2D eigenvalue weighted by molar-refractivity contribution is 7.71. The van der Waals surface area contributed by atoms with Crippen molar-refractivity contribution in [3.8, 4) is 0 Å². The van der Waals surface area contributed by atoms with Crippen LogP contribution in [0.4, 0.5) is 4.39 Å². The van der Waals surface area contributed by atoms with E-state index in [1.807, 2.05) is 10.6 Å². The van der Waals surface area contributed by atoms with Crippen LogP contribution < -0.4 is 0 Å². The number of aryl methyl sites for hydroxylation is 3. The molecule has 0 fully saturated rings. The van der Waals surface area contributed by atoms with E-state index in [2.05, 4.69) is 36.2 Å². The van der Waals surface area contributed by atoms with Crippen LogP contribution in [0.15, 0.2) is 42.5 Å². The van der Waals surface area contributed by atoms with Crippen molar-refractivity contribution >= 4 is 23.3 Å². The third kappa shape index (κ3) is 2.39. The fourth-order valence-electron chi connectivity index (χ4n) is 2.48. The highest BCUT2D eigenvalue weighted by atomic mass is 32.1. The number of aromatic amines is 1. The average molecular weight is 286 g/mol. The highest BCUT2D eigenvalue weighted by Gasteiger charge is 2.08. The van der Waals surface area contributed by atoms with Crippen molar-refractivity contribution in [2.45, 2.75) is 19.9 Å². The Morgan fingerprint density at radius 1 is 1.20 bits per heavy atom. The zero-order valence-electron chi connectivity index (χ0n) is 11.2. The molecule has 0 unspecified atom stereocenters. The number of fused-ring (bicyclic) bond motifs is 1. The summed E-state index contributed by atoms with van der Waals surface area (Å²) in [5.74, 6) is -0.261. The molecule has 1 aromatic heterocycles. The maximum absolute atomic E-state index is 13.7. The van der Waals surface area contributed by atoms with E-state index in [4.69, 9.17) is 12.2 Å². The van der Waals surface area contributed by atoms with E-state index in [0.29, 0.717) is 10.3 Å². The maximum Gasteiger partial charge on any atom is 0.178 e. The molecule has 0 aliphatic heterocycles. The largest absolute Gasteiger partial charge is 0.328 e. The molecule has 0 saturated heterocycles. The molecule has 0 bridgehead atoms. The lowest BCUT2D eigenvalue weighted by Gasteiger charge is -2.05. The van der Waals surface area contributed by atoms with Crippen LogP contribution in [0.1, 0.15) is 11.1 Å². The van der Waals surface area contributed by atoms with Gasteiger partial charge in [-0.2, -0.15) is 0 Å². The number of hydrogen-bond acceptors (Lipinski definition) is 1. The molecule has 3 rings (SSSR count). The number of halogens is 1. The quantitative estimate of drug-likeness (QED) is 0.708. The zero-order valence-corrected chi connectivity index (χ0v) is 12.0. The first-order chi connectivity index (χ1) is 9.65. The Balaban J connectivity index is 1.93. The van der Waals surface area contributed by atoms with Crippen LogP contribution >= 0.6 is 12.2 Å². The van der Waals surface area contributed by atoms with Gasteiger partial charge in [-0.3, -0.25) is 0 Å². The van der Waals surface area contributed by atoms with Crippen LogP contribution in [-0.2, 0) is 13.0 Å². The van der Waals surface area contributed by atoms with Gasteiger partial charge in [-0.1, -0.05) is 35.9 Å². The number of aromatic nitrogens is 2. The molecule has 3 aromatic rings. The monoisotopic (exact) mass is 286 g/mol. The second-order valence-electron chi connectivity index (χ2n) is 4.95. The minimum atomic E-state index is -0.261. The molecule has 0 aliphatic carbocycles. The van der Waals surface area contributed by atoms with E-state index in [1.54, 1.807) is 6.07 Å². The molecule has 1 heterocycles. The summed E-state index contributed by atoms with van der Waals surface area (Å²) < 4.78 is 16.2. The van der Waals surface area contributed by atoms with E-state index < -0.39 is 0 Å². The van der Waals surface area contributed by atoms with Gasteiger partial charge >= 0.3 is 0 Å². The van der Waals surface area contributed by atoms with E-state index in [1.165, 1.54) is 17.2 Å². The van der Waals surface area contributed by atoms with Crippen LogP contribution in [0, 0.1) is 17.5 Å². The fraction of sp³-hybridized carbons (Fsp3) is 0.188. The summed E-state index contributed by atoms with van der Waals surface area (Å²) in [7, 11) is 0. The van der Waals surface area contributed by atoms with Crippen molar-refractivity contribution in [1.29, 1.82) is 0 Å². The normalized spacial score (nSPS) is 11.1. The molecule has 0 atom stereocenters. The Morgan fingerprint density at radius 3 is 2.80 bits per heavy atom. The lowest BCUT2D eigenvalue weighted by Crippen LogP contribution is -2.01. The Labute approximate surface area is 121 Å². The molecule has 0 radical (unpaired) electrons. The SMILES string of the molecule is Cc1cccc(CCn2c(=S)[nH]c3c(F)cccc32)c1. The van der Waals surface area contributed by atoms with Crippen LogP contribution in [0.3, 0.4) is 0 Å². The van der Waals surface area contributed by atoms with Gasteiger partial charge in [-0.15, -0.1) is 0 Å². The number of nitrogens with one attached hydrogen (secondary N) is 1. The molecule has 0 saturated carbocycles. The minimum absolute atomic E-state index is 0.261. The van der Waals surface area contributed by atoms with Gasteiger partial charge < -0.3 is 9.55 Å². The number of rotatable bonds is 3. The molecule has 0 aliphatic rings. The molecule has 4 heteroatoms. The number of para-hydroxylation sites is 1. The molecule has 20 heavy (non-hydrogen) atoms. The maximum atomic E-state index is 13.7. The minimum Gasteiger partial charge on any atom is -0.328 e. The third-order valence-electron chi connectivity index (χ3n) is 3.47. The van der Waals surface area contributed by atoms with Crippen LogP contribution in [0.5, 0.6) is 0 Å². The van der Waals surface area contributed by atoms with Gasteiger partial charge in [0.15, 0.2) is 4.77 Å². The zero-order chi connectivity index (χ0) is 14.1. The summed E-state index contributed by atoms with van der Waals surface area (Å²) in [5.41, 5.74) is 3.82. The van der Waals surface area contributed by atoms with Gasteiger partial charge in [0.25, 0.3) is 0 Å². The smallest absolute Gasteiger partial charge is 0.178 e. The molecule has 2 nitrogen and oxygen atoms in total. The first-order valence-corrected chi connectivity index (χ1v) is 6.98. The van der Waals surface area contributed by atoms with Crippen molar-refractivity contribution < 1.29 is 4.39 Å². The number of imidazole rings is 1. The van der Waals surface area contributed by atoms with Gasteiger partial charge in [0, 0.05) is 6.54 Å². The van der Waals surface area contributed by atoms with Gasteiger partial charge in [-0.25, -0.2) is 4.39 Å². The van der Waals surface area contributed by atoms with Crippen molar-refractivity contribution in [3.63, 3.8) is 0 Å². The summed E-state index contributed by atoms with van der Waals surface area (Å²) in [6.45, 7) is 2.82. The molecular formula is C16H15FN2S. The first kappa shape index (κ1) is 13.1. The second-order valence-corrected chi connectivity index (χ2v) is 5.34. The second kappa shape index (κ2) is 5.21. The standard InChI is InChI=1S/C16H15FN2S/c1-11-4-2-5-12(10-11)8-9-19-14-7-3-6-13(17)15(14)18-16(19)20/h2-7,10H,8-9H2,1H3,(H,18,20). The fourth-order valence-corrected chi connectivity index (χ4v) is 2.77. The first-order valence-electron chi connectivity index (χ1n) is 6.58. The van der Waals surface area contributed by atoms with Crippen molar-refractivity contribution in [2.24, 2.45) is 0 Å².